The maximum Gasteiger partial charge on any atom is 0.319 e. The van der Waals surface area contributed by atoms with Gasteiger partial charge in [-0.2, -0.15) is 0 Å². The van der Waals surface area contributed by atoms with Gasteiger partial charge in [-0.3, -0.25) is 4.79 Å². The van der Waals surface area contributed by atoms with Crippen molar-refractivity contribution in [1.29, 1.82) is 0 Å². The fourth-order valence-corrected chi connectivity index (χ4v) is 2.99. The molecule has 3 unspecified atom stereocenters. The van der Waals surface area contributed by atoms with E-state index in [2.05, 4.69) is 17.2 Å². The van der Waals surface area contributed by atoms with Crippen LogP contribution in [-0.4, -0.2) is 31.3 Å². The topological polar surface area (TPSA) is 76.7 Å². The van der Waals surface area contributed by atoms with Crippen LogP contribution in [0.15, 0.2) is 36.5 Å². The molecule has 6 nitrogen and oxygen atoms in total. The third-order valence-corrected chi connectivity index (χ3v) is 4.20. The largest absolute Gasteiger partial charge is 0.462 e. The van der Waals surface area contributed by atoms with Crippen molar-refractivity contribution in [3.05, 3.63) is 47.9 Å². The number of rotatable bonds is 4. The van der Waals surface area contributed by atoms with Crippen molar-refractivity contribution in [2.45, 2.75) is 25.0 Å². The van der Waals surface area contributed by atoms with Crippen molar-refractivity contribution in [1.82, 2.24) is 10.6 Å². The maximum atomic E-state index is 14.1. The van der Waals surface area contributed by atoms with Gasteiger partial charge in [0.05, 0.1) is 12.1 Å². The van der Waals surface area contributed by atoms with Gasteiger partial charge in [0.25, 0.3) is 0 Å². The first kappa shape index (κ1) is 16.4. The summed E-state index contributed by atoms with van der Waals surface area (Å²) in [7, 11) is 0. The molecule has 2 heterocycles. The zero-order valence-electron chi connectivity index (χ0n) is 13.1. The highest BCUT2D eigenvalue weighted by Gasteiger charge is 2.40. The fraction of sp³-hybridized carbons (Fsp3) is 0.412. The van der Waals surface area contributed by atoms with E-state index in [4.69, 9.17) is 9.47 Å². The highest BCUT2D eigenvalue weighted by atomic mass is 19.1. The number of benzene rings is 1. The van der Waals surface area contributed by atoms with Gasteiger partial charge in [0.1, 0.15) is 18.3 Å². The van der Waals surface area contributed by atoms with Crippen LogP contribution in [0.4, 0.5) is 9.18 Å². The molecule has 7 heteroatoms. The second-order valence-corrected chi connectivity index (χ2v) is 5.87. The standard InChI is InChI=1S/C17H19FN2O4/c1-10-14(16(21)24-9-11-5-4-8-23-11)15(20-17(22)19-10)12-6-2-3-7-13(12)18/h2-3,6-7,11,14-15H,1,4-5,8-9H2,(H2,19,20,22). The van der Waals surface area contributed by atoms with Crippen molar-refractivity contribution in [3.8, 4) is 0 Å². The molecule has 2 aliphatic rings. The minimum atomic E-state index is -0.916. The van der Waals surface area contributed by atoms with Crippen LogP contribution in [0, 0.1) is 11.7 Å². The van der Waals surface area contributed by atoms with E-state index in [9.17, 15) is 14.0 Å². The van der Waals surface area contributed by atoms with Gasteiger partial charge in [0.2, 0.25) is 0 Å². The summed E-state index contributed by atoms with van der Waals surface area (Å²) < 4.78 is 24.9. The van der Waals surface area contributed by atoms with Crippen molar-refractivity contribution < 1.29 is 23.5 Å². The smallest absolute Gasteiger partial charge is 0.319 e. The first-order valence-corrected chi connectivity index (χ1v) is 7.85. The minimum absolute atomic E-state index is 0.111. The Bertz CT molecular complexity index is 658. The molecule has 24 heavy (non-hydrogen) atoms. The number of hydrogen-bond donors (Lipinski definition) is 2. The number of esters is 1. The van der Waals surface area contributed by atoms with E-state index in [0.717, 1.165) is 12.8 Å². The lowest BCUT2D eigenvalue weighted by Crippen LogP contribution is -2.51. The maximum absolute atomic E-state index is 14.1. The fourth-order valence-electron chi connectivity index (χ4n) is 2.99. The SMILES string of the molecule is C=C1NC(=O)NC(c2ccccc2F)C1C(=O)OCC1CCCO1. The van der Waals surface area contributed by atoms with Crippen LogP contribution in [-0.2, 0) is 14.3 Å². The predicted octanol–water partition coefficient (Wildman–Crippen LogP) is 2.03. The normalized spacial score (nSPS) is 26.6. The lowest BCUT2D eigenvalue weighted by Gasteiger charge is -2.33. The Labute approximate surface area is 139 Å². The lowest BCUT2D eigenvalue weighted by molar-refractivity contribution is -0.151. The predicted molar refractivity (Wildman–Crippen MR) is 83.4 cm³/mol. The quantitative estimate of drug-likeness (QED) is 0.826. The second kappa shape index (κ2) is 7.00. The Kier molecular flexibility index (Phi) is 4.80. The van der Waals surface area contributed by atoms with Gasteiger partial charge in [-0.05, 0) is 18.9 Å². The molecular weight excluding hydrogens is 315 g/mol. The summed E-state index contributed by atoms with van der Waals surface area (Å²) >= 11 is 0. The van der Waals surface area contributed by atoms with E-state index in [0.29, 0.717) is 6.61 Å². The van der Waals surface area contributed by atoms with Crippen LogP contribution < -0.4 is 10.6 Å². The van der Waals surface area contributed by atoms with E-state index in [1.807, 2.05) is 0 Å². The van der Waals surface area contributed by atoms with E-state index < -0.39 is 29.8 Å². The minimum Gasteiger partial charge on any atom is -0.462 e. The van der Waals surface area contributed by atoms with Crippen LogP contribution in [0.25, 0.3) is 0 Å². The Morgan fingerprint density at radius 2 is 2.21 bits per heavy atom. The van der Waals surface area contributed by atoms with Crippen molar-refractivity contribution >= 4 is 12.0 Å². The summed E-state index contributed by atoms with van der Waals surface area (Å²) in [6.07, 6.45) is 1.67. The highest BCUT2D eigenvalue weighted by molar-refractivity contribution is 5.85. The van der Waals surface area contributed by atoms with Gasteiger partial charge in [-0.25, -0.2) is 9.18 Å². The zero-order chi connectivity index (χ0) is 17.1. The molecule has 0 bridgehead atoms. The number of ether oxygens (including phenoxy) is 2. The molecule has 0 aromatic heterocycles. The summed E-state index contributed by atoms with van der Waals surface area (Å²) in [5.41, 5.74) is 0.400. The number of nitrogens with one attached hydrogen (secondary N) is 2. The molecule has 1 aromatic carbocycles. The molecule has 3 rings (SSSR count). The van der Waals surface area contributed by atoms with E-state index in [1.54, 1.807) is 12.1 Å². The Hall–Kier alpha value is -2.41. The number of urea groups is 1. The number of amides is 2. The van der Waals surface area contributed by atoms with E-state index in [-0.39, 0.29) is 24.0 Å². The molecule has 0 saturated carbocycles. The summed E-state index contributed by atoms with van der Waals surface area (Å²) in [5.74, 6) is -1.99. The van der Waals surface area contributed by atoms with Crippen molar-refractivity contribution in [3.63, 3.8) is 0 Å². The molecule has 1 aromatic rings. The van der Waals surface area contributed by atoms with Gasteiger partial charge >= 0.3 is 12.0 Å². The third kappa shape index (κ3) is 3.41. The summed E-state index contributed by atoms with van der Waals surface area (Å²) in [6.45, 7) is 4.53. The average Bonchev–Trinajstić information content (AvgIpc) is 3.06. The first-order chi connectivity index (χ1) is 11.6. The monoisotopic (exact) mass is 334 g/mol. The van der Waals surface area contributed by atoms with Gasteiger partial charge in [-0.15, -0.1) is 0 Å². The van der Waals surface area contributed by atoms with Crippen LogP contribution in [0.3, 0.4) is 0 Å². The molecular formula is C17H19FN2O4. The molecule has 0 spiro atoms. The van der Waals surface area contributed by atoms with Gasteiger partial charge < -0.3 is 20.1 Å². The summed E-state index contributed by atoms with van der Waals surface area (Å²) in [6, 6.07) is 4.59. The highest BCUT2D eigenvalue weighted by Crippen LogP contribution is 2.32. The molecule has 2 amide bonds. The van der Waals surface area contributed by atoms with Gasteiger partial charge in [0, 0.05) is 17.9 Å². The molecule has 3 atom stereocenters. The Morgan fingerprint density at radius 1 is 1.42 bits per heavy atom. The lowest BCUT2D eigenvalue weighted by atomic mass is 9.89. The van der Waals surface area contributed by atoms with Gasteiger partial charge in [-0.1, -0.05) is 24.8 Å². The molecule has 128 valence electrons. The van der Waals surface area contributed by atoms with Gasteiger partial charge in [0.15, 0.2) is 0 Å². The van der Waals surface area contributed by atoms with Crippen molar-refractivity contribution in [2.24, 2.45) is 5.92 Å². The molecule has 2 fully saturated rings. The van der Waals surface area contributed by atoms with Crippen molar-refractivity contribution in [2.75, 3.05) is 13.2 Å². The number of halogens is 1. The number of carbonyl (C=O) groups excluding carboxylic acids is 2. The van der Waals surface area contributed by atoms with Crippen LogP contribution in [0.1, 0.15) is 24.4 Å². The Morgan fingerprint density at radius 3 is 2.92 bits per heavy atom. The molecule has 0 radical (unpaired) electrons. The Balaban J connectivity index is 1.78. The number of hydrogen-bond acceptors (Lipinski definition) is 4. The summed E-state index contributed by atoms with van der Waals surface area (Å²) in [5, 5.41) is 5.04. The first-order valence-electron chi connectivity index (χ1n) is 7.85. The summed E-state index contributed by atoms with van der Waals surface area (Å²) in [4.78, 5) is 24.2. The number of carbonyl (C=O) groups is 2. The average molecular weight is 334 g/mol. The van der Waals surface area contributed by atoms with E-state index >= 15 is 0 Å². The van der Waals surface area contributed by atoms with E-state index in [1.165, 1.54) is 12.1 Å². The second-order valence-electron chi connectivity index (χ2n) is 5.87. The molecule has 0 aliphatic carbocycles. The molecule has 2 saturated heterocycles. The molecule has 2 N–H and O–H groups in total. The van der Waals surface area contributed by atoms with Crippen LogP contribution in [0.5, 0.6) is 0 Å². The van der Waals surface area contributed by atoms with Crippen LogP contribution >= 0.6 is 0 Å². The third-order valence-electron chi connectivity index (χ3n) is 4.20. The van der Waals surface area contributed by atoms with Crippen LogP contribution in [0.2, 0.25) is 0 Å². The molecule has 2 aliphatic heterocycles. The zero-order valence-corrected chi connectivity index (χ0v) is 13.1.